The minimum Gasteiger partial charge on any atom is -0.399 e. The molecule has 3 rings (SSSR count). The van der Waals surface area contributed by atoms with Crippen molar-refractivity contribution in [2.45, 2.75) is 51.7 Å². The van der Waals surface area contributed by atoms with Gasteiger partial charge >= 0.3 is 0 Å². The lowest BCUT2D eigenvalue weighted by Gasteiger charge is -2.16. The van der Waals surface area contributed by atoms with E-state index in [1.54, 1.807) is 0 Å². The van der Waals surface area contributed by atoms with Gasteiger partial charge in [-0.3, -0.25) is 0 Å². The number of nitrogen functional groups attached to an aromatic ring is 1. The van der Waals surface area contributed by atoms with Gasteiger partial charge in [-0.25, -0.2) is 4.98 Å². The van der Waals surface area contributed by atoms with Gasteiger partial charge in [-0.05, 0) is 43.4 Å². The summed E-state index contributed by atoms with van der Waals surface area (Å²) < 4.78 is 2.32. The van der Waals surface area contributed by atoms with Crippen molar-refractivity contribution in [3.63, 3.8) is 0 Å². The van der Waals surface area contributed by atoms with Crippen LogP contribution in [0.15, 0.2) is 18.2 Å². The molecule has 1 aromatic heterocycles. The fraction of sp³-hybridized carbons (Fsp3) is 0.562. The molecule has 0 radical (unpaired) electrons. The summed E-state index contributed by atoms with van der Waals surface area (Å²) in [5.74, 6) is 2.05. The Labute approximate surface area is 119 Å². The minimum absolute atomic E-state index is 0.118. The smallest absolute Gasteiger partial charge is 0.112 e. The van der Waals surface area contributed by atoms with E-state index < -0.39 is 0 Å². The summed E-state index contributed by atoms with van der Waals surface area (Å²) in [4.78, 5) is 4.75. The highest BCUT2D eigenvalue weighted by atomic mass is 16.3. The van der Waals surface area contributed by atoms with E-state index in [4.69, 9.17) is 10.7 Å². The molecule has 1 heterocycles. The molecule has 2 aromatic rings. The third-order valence-electron chi connectivity index (χ3n) is 4.27. The van der Waals surface area contributed by atoms with Crippen molar-refractivity contribution in [2.24, 2.45) is 5.92 Å². The normalized spacial score (nSPS) is 23.0. The number of aromatic nitrogens is 2. The number of fused-ring (bicyclic) bond motifs is 1. The van der Waals surface area contributed by atoms with Crippen LogP contribution in [0, 0.1) is 5.92 Å². The molecule has 1 aromatic carbocycles. The summed E-state index contributed by atoms with van der Waals surface area (Å²) in [6.45, 7) is 5.29. The molecule has 1 aliphatic carbocycles. The second-order valence-electron chi connectivity index (χ2n) is 6.32. The molecule has 0 saturated heterocycles. The predicted molar refractivity (Wildman–Crippen MR) is 81.6 cm³/mol. The SMILES string of the molecule is CC(C)c1nc2cc(N)ccc2n1CC1CCC(O)C1. The van der Waals surface area contributed by atoms with Gasteiger partial charge in [0.1, 0.15) is 5.82 Å². The first-order chi connectivity index (χ1) is 9.54. The molecule has 20 heavy (non-hydrogen) atoms. The number of anilines is 1. The molecule has 1 aliphatic rings. The fourth-order valence-corrected chi connectivity index (χ4v) is 3.27. The molecule has 0 aliphatic heterocycles. The van der Waals surface area contributed by atoms with Crippen LogP contribution >= 0.6 is 0 Å². The van der Waals surface area contributed by atoms with Crippen molar-refractivity contribution in [2.75, 3.05) is 5.73 Å². The Bertz CT molecular complexity index is 617. The number of hydrogen-bond donors (Lipinski definition) is 2. The maximum absolute atomic E-state index is 9.71. The highest BCUT2D eigenvalue weighted by Gasteiger charge is 2.25. The molecule has 108 valence electrons. The van der Waals surface area contributed by atoms with Crippen LogP contribution in [0.3, 0.4) is 0 Å². The van der Waals surface area contributed by atoms with Crippen LogP contribution in [-0.2, 0) is 6.54 Å². The second kappa shape index (κ2) is 5.09. The Morgan fingerprint density at radius 2 is 2.20 bits per heavy atom. The van der Waals surface area contributed by atoms with Crippen LogP contribution in [0.1, 0.15) is 44.9 Å². The minimum atomic E-state index is -0.118. The Balaban J connectivity index is 2.00. The van der Waals surface area contributed by atoms with Gasteiger partial charge in [0.05, 0.1) is 17.1 Å². The molecule has 2 unspecified atom stereocenters. The number of rotatable bonds is 3. The van der Waals surface area contributed by atoms with E-state index in [1.807, 2.05) is 12.1 Å². The molecule has 2 atom stereocenters. The molecule has 0 spiro atoms. The van der Waals surface area contributed by atoms with Gasteiger partial charge in [-0.2, -0.15) is 0 Å². The van der Waals surface area contributed by atoms with Gasteiger partial charge in [0, 0.05) is 18.2 Å². The number of aliphatic hydroxyl groups is 1. The van der Waals surface area contributed by atoms with Crippen LogP contribution < -0.4 is 5.73 Å². The molecule has 4 heteroatoms. The monoisotopic (exact) mass is 273 g/mol. The van der Waals surface area contributed by atoms with Gasteiger partial charge in [-0.15, -0.1) is 0 Å². The summed E-state index contributed by atoms with van der Waals surface area (Å²) in [6.07, 6.45) is 2.83. The summed E-state index contributed by atoms with van der Waals surface area (Å²) in [5.41, 5.74) is 8.75. The Morgan fingerprint density at radius 3 is 2.85 bits per heavy atom. The summed E-state index contributed by atoms with van der Waals surface area (Å²) in [6, 6.07) is 5.95. The maximum Gasteiger partial charge on any atom is 0.112 e. The van der Waals surface area contributed by atoms with E-state index in [0.29, 0.717) is 11.8 Å². The average molecular weight is 273 g/mol. The van der Waals surface area contributed by atoms with Crippen molar-refractivity contribution in [1.29, 1.82) is 0 Å². The zero-order valence-electron chi connectivity index (χ0n) is 12.2. The van der Waals surface area contributed by atoms with Crippen LogP contribution in [0.2, 0.25) is 0 Å². The molecule has 3 N–H and O–H groups in total. The molecule has 4 nitrogen and oxygen atoms in total. The fourth-order valence-electron chi connectivity index (χ4n) is 3.27. The lowest BCUT2D eigenvalue weighted by Crippen LogP contribution is -2.12. The van der Waals surface area contributed by atoms with Gasteiger partial charge in [-0.1, -0.05) is 13.8 Å². The van der Waals surface area contributed by atoms with Crippen molar-refractivity contribution < 1.29 is 5.11 Å². The standard InChI is InChI=1S/C16H23N3O/c1-10(2)16-18-14-8-12(17)4-6-15(14)19(16)9-11-3-5-13(20)7-11/h4,6,8,10-11,13,20H,3,5,7,9,17H2,1-2H3. The van der Waals surface area contributed by atoms with Crippen molar-refractivity contribution in [1.82, 2.24) is 9.55 Å². The summed E-state index contributed by atoms with van der Waals surface area (Å²) in [5, 5.41) is 9.71. The molecule has 0 amide bonds. The lowest BCUT2D eigenvalue weighted by atomic mass is 10.1. The van der Waals surface area contributed by atoms with E-state index in [0.717, 1.165) is 48.4 Å². The van der Waals surface area contributed by atoms with E-state index in [-0.39, 0.29) is 6.10 Å². The predicted octanol–water partition coefficient (Wildman–Crippen LogP) is 2.90. The molecule has 0 bridgehead atoms. The maximum atomic E-state index is 9.71. The number of nitrogens with two attached hydrogens (primary N) is 1. The topological polar surface area (TPSA) is 64.1 Å². The largest absolute Gasteiger partial charge is 0.399 e. The quantitative estimate of drug-likeness (QED) is 0.845. The number of nitrogens with zero attached hydrogens (tertiary/aromatic N) is 2. The molecular formula is C16H23N3O. The Kier molecular flexibility index (Phi) is 3.42. The zero-order valence-corrected chi connectivity index (χ0v) is 12.2. The number of benzene rings is 1. The van der Waals surface area contributed by atoms with Crippen molar-refractivity contribution in [3.05, 3.63) is 24.0 Å². The highest BCUT2D eigenvalue weighted by Crippen LogP contribution is 2.30. The Hall–Kier alpha value is -1.55. The van der Waals surface area contributed by atoms with E-state index >= 15 is 0 Å². The lowest BCUT2D eigenvalue weighted by molar-refractivity contribution is 0.176. The van der Waals surface area contributed by atoms with Gasteiger partial charge < -0.3 is 15.4 Å². The van der Waals surface area contributed by atoms with Crippen molar-refractivity contribution in [3.8, 4) is 0 Å². The molecule has 1 fully saturated rings. The van der Waals surface area contributed by atoms with E-state index in [2.05, 4.69) is 24.5 Å². The van der Waals surface area contributed by atoms with Crippen LogP contribution in [0.25, 0.3) is 11.0 Å². The van der Waals surface area contributed by atoms with E-state index in [9.17, 15) is 5.11 Å². The van der Waals surface area contributed by atoms with Crippen LogP contribution in [0.5, 0.6) is 0 Å². The second-order valence-corrected chi connectivity index (χ2v) is 6.32. The number of imidazole rings is 1. The van der Waals surface area contributed by atoms with E-state index in [1.165, 1.54) is 0 Å². The molecular weight excluding hydrogens is 250 g/mol. The first-order valence-corrected chi connectivity index (χ1v) is 7.48. The third-order valence-corrected chi connectivity index (χ3v) is 4.27. The summed E-state index contributed by atoms with van der Waals surface area (Å²) >= 11 is 0. The van der Waals surface area contributed by atoms with Gasteiger partial charge in [0.2, 0.25) is 0 Å². The van der Waals surface area contributed by atoms with Crippen LogP contribution in [-0.4, -0.2) is 20.8 Å². The first-order valence-electron chi connectivity index (χ1n) is 7.48. The molecule has 1 saturated carbocycles. The highest BCUT2D eigenvalue weighted by molar-refractivity contribution is 5.79. The summed E-state index contributed by atoms with van der Waals surface area (Å²) in [7, 11) is 0. The number of aliphatic hydroxyl groups excluding tert-OH is 1. The number of hydrogen-bond acceptors (Lipinski definition) is 3. The zero-order chi connectivity index (χ0) is 14.3. The van der Waals surface area contributed by atoms with Crippen LogP contribution in [0.4, 0.5) is 5.69 Å². The first kappa shape index (κ1) is 13.4. The average Bonchev–Trinajstić information content (AvgIpc) is 2.94. The van der Waals surface area contributed by atoms with Gasteiger partial charge in [0.25, 0.3) is 0 Å². The Morgan fingerprint density at radius 1 is 1.40 bits per heavy atom. The third kappa shape index (κ3) is 2.40. The van der Waals surface area contributed by atoms with Crippen molar-refractivity contribution >= 4 is 16.7 Å². The van der Waals surface area contributed by atoms with Gasteiger partial charge in [0.15, 0.2) is 0 Å².